The molecule has 2 rings (SSSR count). The summed E-state index contributed by atoms with van der Waals surface area (Å²) in [5, 5.41) is 6.29. The zero-order valence-corrected chi connectivity index (χ0v) is 14.0. The molecule has 0 bridgehead atoms. The van der Waals surface area contributed by atoms with Gasteiger partial charge in [-0.1, -0.05) is 32.6 Å². The number of nitrogens with two attached hydrogens (primary N) is 1. The van der Waals surface area contributed by atoms with Gasteiger partial charge in [0.2, 0.25) is 5.91 Å². The number of nitrogens with one attached hydrogen (secondary N) is 2. The second kappa shape index (κ2) is 9.08. The molecule has 0 aromatic carbocycles. The molecular weight excluding hydrogens is 297 g/mol. The summed E-state index contributed by atoms with van der Waals surface area (Å²) in [5.74, 6) is 0.795. The smallest absolute Gasteiger partial charge is 0.223 e. The molecule has 0 aromatic heterocycles. The van der Waals surface area contributed by atoms with Gasteiger partial charge < -0.3 is 16.4 Å². The van der Waals surface area contributed by atoms with E-state index in [9.17, 15) is 4.79 Å². The van der Waals surface area contributed by atoms with E-state index in [1.807, 2.05) is 6.92 Å². The van der Waals surface area contributed by atoms with Crippen LogP contribution >= 0.6 is 24.8 Å². The van der Waals surface area contributed by atoms with Crippen molar-refractivity contribution >= 4 is 30.7 Å². The number of carbonyl (C=O) groups is 1. The molecule has 1 amide bonds. The predicted molar refractivity (Wildman–Crippen MR) is 87.6 cm³/mol. The normalized spacial score (nSPS) is 23.3. The van der Waals surface area contributed by atoms with Gasteiger partial charge in [-0.15, -0.1) is 24.8 Å². The molecule has 0 aromatic rings. The fraction of sp³-hybridized carbons (Fsp3) is 0.929. The zero-order chi connectivity index (χ0) is 13.0. The highest BCUT2D eigenvalue weighted by molar-refractivity contribution is 5.85. The summed E-state index contributed by atoms with van der Waals surface area (Å²) in [6.07, 6.45) is 7.08. The highest BCUT2D eigenvalue weighted by atomic mass is 35.5. The molecule has 1 aliphatic carbocycles. The largest absolute Gasteiger partial charge is 0.354 e. The summed E-state index contributed by atoms with van der Waals surface area (Å²) in [6.45, 7) is 4.62. The molecular formula is C14H29Cl2N3O. The number of carbonyl (C=O) groups excluding carboxylic acids is 1. The van der Waals surface area contributed by atoms with E-state index in [1.165, 1.54) is 25.7 Å². The van der Waals surface area contributed by atoms with Crippen LogP contribution in [0.4, 0.5) is 0 Å². The van der Waals surface area contributed by atoms with Crippen LogP contribution in [0, 0.1) is 11.8 Å². The van der Waals surface area contributed by atoms with Crippen molar-refractivity contribution in [2.45, 2.75) is 51.0 Å². The standard InChI is InChI=1S/C14H27N3O.2ClH/c1-11(12-8-16-9-12)13(18)17-10-14(15)6-4-2-3-5-7-14;;/h11-12,16H,2-10,15H2,1H3,(H,17,18);2*1H. The molecule has 2 fully saturated rings. The first-order chi connectivity index (χ1) is 8.61. The third-order valence-electron chi connectivity index (χ3n) is 4.65. The van der Waals surface area contributed by atoms with Gasteiger partial charge >= 0.3 is 0 Å². The zero-order valence-electron chi connectivity index (χ0n) is 12.3. The Labute approximate surface area is 134 Å². The Morgan fingerprint density at radius 2 is 1.80 bits per heavy atom. The Morgan fingerprint density at radius 3 is 2.25 bits per heavy atom. The van der Waals surface area contributed by atoms with E-state index in [0.29, 0.717) is 12.5 Å². The summed E-state index contributed by atoms with van der Waals surface area (Å²) in [7, 11) is 0. The summed E-state index contributed by atoms with van der Waals surface area (Å²) in [6, 6.07) is 0. The van der Waals surface area contributed by atoms with Gasteiger partial charge in [-0.05, 0) is 31.8 Å². The minimum Gasteiger partial charge on any atom is -0.354 e. The molecule has 1 aliphatic heterocycles. The van der Waals surface area contributed by atoms with E-state index in [2.05, 4.69) is 10.6 Å². The SMILES string of the molecule is CC(C(=O)NCC1(N)CCCCCC1)C1CNC1.Cl.Cl. The van der Waals surface area contributed by atoms with Crippen molar-refractivity contribution in [1.82, 2.24) is 10.6 Å². The number of rotatable bonds is 4. The van der Waals surface area contributed by atoms with E-state index < -0.39 is 0 Å². The Kier molecular flexibility index (Phi) is 9.07. The molecule has 4 nitrogen and oxygen atoms in total. The summed E-state index contributed by atoms with van der Waals surface area (Å²) in [5.41, 5.74) is 6.24. The molecule has 0 radical (unpaired) electrons. The van der Waals surface area contributed by atoms with Crippen molar-refractivity contribution in [1.29, 1.82) is 0 Å². The van der Waals surface area contributed by atoms with Crippen LogP contribution in [-0.4, -0.2) is 31.1 Å². The van der Waals surface area contributed by atoms with E-state index in [4.69, 9.17) is 5.73 Å². The third-order valence-corrected chi connectivity index (χ3v) is 4.65. The van der Waals surface area contributed by atoms with Crippen LogP contribution in [-0.2, 0) is 4.79 Å². The molecule has 2 aliphatic rings. The van der Waals surface area contributed by atoms with Crippen LogP contribution in [0.15, 0.2) is 0 Å². The average Bonchev–Trinajstić information content (AvgIpc) is 2.49. The fourth-order valence-electron chi connectivity index (χ4n) is 2.91. The molecule has 1 heterocycles. The Balaban J connectivity index is 0.00000180. The molecule has 6 heteroatoms. The van der Waals surface area contributed by atoms with Crippen molar-refractivity contribution in [3.05, 3.63) is 0 Å². The molecule has 1 unspecified atom stereocenters. The lowest BCUT2D eigenvalue weighted by molar-refractivity contribution is -0.127. The van der Waals surface area contributed by atoms with Crippen LogP contribution in [0.3, 0.4) is 0 Å². The van der Waals surface area contributed by atoms with E-state index in [-0.39, 0.29) is 42.2 Å². The molecule has 20 heavy (non-hydrogen) atoms. The quantitative estimate of drug-likeness (QED) is 0.691. The first-order valence-corrected chi connectivity index (χ1v) is 7.38. The van der Waals surface area contributed by atoms with Gasteiger partial charge in [-0.25, -0.2) is 0 Å². The fourth-order valence-corrected chi connectivity index (χ4v) is 2.91. The van der Waals surface area contributed by atoms with Gasteiger partial charge in [0.25, 0.3) is 0 Å². The van der Waals surface area contributed by atoms with E-state index in [0.717, 1.165) is 25.9 Å². The monoisotopic (exact) mass is 325 g/mol. The number of halogens is 2. The molecule has 1 saturated heterocycles. The Bertz CT molecular complexity index is 290. The number of hydrogen-bond acceptors (Lipinski definition) is 3. The summed E-state index contributed by atoms with van der Waals surface area (Å²) in [4.78, 5) is 12.1. The maximum Gasteiger partial charge on any atom is 0.223 e. The van der Waals surface area contributed by atoms with Crippen molar-refractivity contribution in [2.75, 3.05) is 19.6 Å². The topological polar surface area (TPSA) is 67.2 Å². The van der Waals surface area contributed by atoms with Crippen LogP contribution < -0.4 is 16.4 Å². The van der Waals surface area contributed by atoms with E-state index in [1.54, 1.807) is 0 Å². The van der Waals surface area contributed by atoms with Crippen molar-refractivity contribution in [3.63, 3.8) is 0 Å². The molecule has 1 atom stereocenters. The lowest BCUT2D eigenvalue weighted by Crippen LogP contribution is -2.54. The van der Waals surface area contributed by atoms with Crippen molar-refractivity contribution in [2.24, 2.45) is 17.6 Å². The van der Waals surface area contributed by atoms with Crippen LogP contribution in [0.25, 0.3) is 0 Å². The molecule has 4 N–H and O–H groups in total. The maximum atomic E-state index is 12.1. The van der Waals surface area contributed by atoms with Crippen molar-refractivity contribution in [3.8, 4) is 0 Å². The average molecular weight is 326 g/mol. The molecule has 0 spiro atoms. The highest BCUT2D eigenvalue weighted by Crippen LogP contribution is 2.24. The Hall–Kier alpha value is -0.0300. The van der Waals surface area contributed by atoms with E-state index >= 15 is 0 Å². The predicted octanol–water partition coefficient (Wildman–Crippen LogP) is 1.85. The van der Waals surface area contributed by atoms with Gasteiger partial charge in [-0.3, -0.25) is 4.79 Å². The first kappa shape index (κ1) is 20.0. The van der Waals surface area contributed by atoms with Gasteiger partial charge in [0.05, 0.1) is 0 Å². The van der Waals surface area contributed by atoms with Crippen LogP contribution in [0.1, 0.15) is 45.4 Å². The van der Waals surface area contributed by atoms with Gasteiger partial charge in [0.1, 0.15) is 0 Å². The lowest BCUT2D eigenvalue weighted by Gasteiger charge is -2.33. The molecule has 1 saturated carbocycles. The number of hydrogen-bond donors (Lipinski definition) is 3. The van der Waals surface area contributed by atoms with Gasteiger partial charge in [-0.2, -0.15) is 0 Å². The van der Waals surface area contributed by atoms with Crippen molar-refractivity contribution < 1.29 is 4.79 Å². The minimum absolute atomic E-state index is 0. The minimum atomic E-state index is -0.163. The van der Waals surface area contributed by atoms with Gasteiger partial charge in [0.15, 0.2) is 0 Å². The lowest BCUT2D eigenvalue weighted by atomic mass is 9.87. The number of amides is 1. The third kappa shape index (κ3) is 5.40. The summed E-state index contributed by atoms with van der Waals surface area (Å²) >= 11 is 0. The Morgan fingerprint density at radius 1 is 1.25 bits per heavy atom. The maximum absolute atomic E-state index is 12.1. The first-order valence-electron chi connectivity index (χ1n) is 7.38. The molecule has 120 valence electrons. The summed E-state index contributed by atoms with van der Waals surface area (Å²) < 4.78 is 0. The van der Waals surface area contributed by atoms with Crippen LogP contribution in [0.2, 0.25) is 0 Å². The highest BCUT2D eigenvalue weighted by Gasteiger charge is 2.31. The second-order valence-electron chi connectivity index (χ2n) is 6.20. The second-order valence-corrected chi connectivity index (χ2v) is 6.20. The van der Waals surface area contributed by atoms with Gasteiger partial charge in [0, 0.05) is 18.0 Å². The van der Waals surface area contributed by atoms with Crippen LogP contribution in [0.5, 0.6) is 0 Å².